The lowest BCUT2D eigenvalue weighted by Crippen LogP contribution is -2.46. The van der Waals surface area contributed by atoms with Crippen LogP contribution in [-0.4, -0.2) is 105 Å². The van der Waals surface area contributed by atoms with Gasteiger partial charge in [-0.15, -0.1) is 0 Å². The fourth-order valence-electron chi connectivity index (χ4n) is 7.76. The number of anilines is 1. The fourth-order valence-corrected chi connectivity index (χ4v) is 7.76. The second-order valence-corrected chi connectivity index (χ2v) is 15.8. The summed E-state index contributed by atoms with van der Waals surface area (Å²) in [5.74, 6) is -8.35. The molecule has 6 N–H and O–H groups in total. The number of ether oxygens (including phenoxy) is 4. The van der Waals surface area contributed by atoms with Crippen LogP contribution < -0.4 is 10.1 Å². The molecule has 9 atom stereocenters. The number of aliphatic hydroxyl groups excluding tert-OH is 2. The van der Waals surface area contributed by atoms with Crippen molar-refractivity contribution in [1.29, 1.82) is 0 Å². The molecule has 0 aliphatic carbocycles. The van der Waals surface area contributed by atoms with Gasteiger partial charge in [-0.05, 0) is 32.8 Å². The number of ketones is 1. The van der Waals surface area contributed by atoms with Crippen molar-refractivity contribution in [3.8, 4) is 23.0 Å². The molecule has 0 fully saturated rings. The third-order valence-corrected chi connectivity index (χ3v) is 11.3. The van der Waals surface area contributed by atoms with E-state index in [1.807, 2.05) is 13.8 Å². The molecule has 3 aliphatic rings. The van der Waals surface area contributed by atoms with E-state index in [1.54, 1.807) is 44.9 Å². The lowest BCUT2D eigenvalue weighted by atomic mass is 9.78. The molecule has 15 heteroatoms. The third kappa shape index (κ3) is 9.53. The molecule has 3 heterocycles. The monoisotopic (exact) mass is 823 g/mol. The van der Waals surface area contributed by atoms with Crippen molar-refractivity contribution in [3.63, 3.8) is 0 Å². The first kappa shape index (κ1) is 46.6. The minimum absolute atomic E-state index is 0.0556. The largest absolute Gasteiger partial charge is 0.507 e. The molecular weight excluding hydrogens is 762 g/mol. The summed E-state index contributed by atoms with van der Waals surface area (Å²) >= 11 is 0. The van der Waals surface area contributed by atoms with Gasteiger partial charge in [-0.2, -0.15) is 5.10 Å². The zero-order valence-corrected chi connectivity index (χ0v) is 35.9. The summed E-state index contributed by atoms with van der Waals surface area (Å²) in [5.41, 5.74) is -0.354. The molecule has 3 aliphatic heterocycles. The smallest absolute Gasteiger partial charge is 0.312 e. The van der Waals surface area contributed by atoms with Gasteiger partial charge >= 0.3 is 11.8 Å². The minimum Gasteiger partial charge on any atom is -0.507 e. The number of methoxy groups -OCH3 is 1. The number of hydrazone groups is 1. The molecule has 5 bridgehead atoms. The van der Waals surface area contributed by atoms with Crippen molar-refractivity contribution >= 4 is 40.3 Å². The summed E-state index contributed by atoms with van der Waals surface area (Å²) < 4.78 is 23.6. The molecule has 2 aromatic rings. The van der Waals surface area contributed by atoms with E-state index in [-0.39, 0.29) is 44.5 Å². The van der Waals surface area contributed by atoms with Crippen molar-refractivity contribution in [2.24, 2.45) is 28.8 Å². The first-order valence-electron chi connectivity index (χ1n) is 20.1. The van der Waals surface area contributed by atoms with Crippen LogP contribution in [0.15, 0.2) is 41.2 Å². The Bertz CT molecular complexity index is 2020. The number of rotatable bonds is 8. The van der Waals surface area contributed by atoms with Crippen LogP contribution in [0.25, 0.3) is 10.8 Å². The first-order chi connectivity index (χ1) is 27.8. The number of Topliss-reactive ketones (excluding diaryl/α,β-unsaturated/α-hetero) is 1. The number of fused-ring (bicyclic) bond motifs is 14. The number of esters is 1. The number of hydrogen-bond donors (Lipinski definition) is 6. The Kier molecular flexibility index (Phi) is 15.2. The maximum absolute atomic E-state index is 14.4. The van der Waals surface area contributed by atoms with Gasteiger partial charge in [-0.3, -0.25) is 19.4 Å². The second-order valence-electron chi connectivity index (χ2n) is 15.8. The van der Waals surface area contributed by atoms with Gasteiger partial charge in [0.25, 0.3) is 11.7 Å². The highest BCUT2D eigenvalue weighted by atomic mass is 16.7. The zero-order valence-electron chi connectivity index (χ0n) is 35.9. The lowest BCUT2D eigenvalue weighted by Gasteiger charge is -2.38. The van der Waals surface area contributed by atoms with Gasteiger partial charge < -0.3 is 49.8 Å². The van der Waals surface area contributed by atoms with Crippen molar-refractivity contribution in [2.45, 2.75) is 112 Å². The number of nitrogens with zero attached hydrogens (tertiary/aromatic N) is 2. The standard InChI is InChI=1S/C44H61N3O12/c1-12-18-47(19-13-2)45-21-29-34-39(53)32-31(38(29)52)33-41(27(8)37(32)51)59-44(10,42(33)54)57-20-17-30(56-11)24(5)40(58-28(9)48)26(7)36(50)25(6)35(49)22(3)15-14-16-23(4)43(55)46-34/h14-17,20-22,24-26,30,35-36,40,49-53H,12-13,18-19H2,1-11H3,(H,46,55)/b15-14+,20-17+,23-16+,45-21+/t22-,24+,25+,26+,30-,35-,36+,40+,44-/m0/s1. The van der Waals surface area contributed by atoms with E-state index in [9.17, 15) is 39.9 Å². The predicted molar refractivity (Wildman–Crippen MR) is 224 cm³/mol. The van der Waals surface area contributed by atoms with E-state index in [4.69, 9.17) is 18.9 Å². The maximum atomic E-state index is 14.4. The molecule has 0 saturated heterocycles. The van der Waals surface area contributed by atoms with Crippen LogP contribution in [0.5, 0.6) is 23.0 Å². The quantitative estimate of drug-likeness (QED) is 0.0575. The summed E-state index contributed by atoms with van der Waals surface area (Å²) in [6.45, 7) is 17.6. The van der Waals surface area contributed by atoms with Gasteiger partial charge in [0, 0.05) is 74.2 Å². The van der Waals surface area contributed by atoms with E-state index in [2.05, 4.69) is 10.4 Å². The van der Waals surface area contributed by atoms with Crippen LogP contribution in [0, 0.1) is 30.6 Å². The molecule has 59 heavy (non-hydrogen) atoms. The fraction of sp³-hybridized carbons (Fsp3) is 0.545. The number of hydrogen-bond acceptors (Lipinski definition) is 14. The number of nitrogens with one attached hydrogen (secondary N) is 1. The number of aliphatic hydroxyl groups is 2. The van der Waals surface area contributed by atoms with E-state index in [0.29, 0.717) is 13.1 Å². The van der Waals surface area contributed by atoms with Gasteiger partial charge in [-0.25, -0.2) is 0 Å². The highest BCUT2D eigenvalue weighted by Gasteiger charge is 2.50. The number of phenolic OH excluding ortho intramolecular Hbond substituents is 3. The van der Waals surface area contributed by atoms with Crippen LogP contribution in [0.3, 0.4) is 0 Å². The predicted octanol–water partition coefficient (Wildman–Crippen LogP) is 6.21. The highest BCUT2D eigenvalue weighted by molar-refractivity contribution is 6.23. The molecule has 1 amide bonds. The van der Waals surface area contributed by atoms with Crippen molar-refractivity contribution in [3.05, 3.63) is 52.8 Å². The molecular formula is C44H61N3O12. The van der Waals surface area contributed by atoms with Crippen LogP contribution in [0.1, 0.15) is 96.6 Å². The number of allylic oxidation sites excluding steroid dienone is 2. The Morgan fingerprint density at radius 1 is 0.949 bits per heavy atom. The SMILES string of the molecule is CCCN(CCC)/N=C/c1c2c(O)c3c(O)c(C)c4c(c3c1O)C(=O)[C@@](C)(O/C=C/[C@H](OC)[C@@H](C)[C@@H](OC(C)=O)[C@H](C)[C@H](O)[C@H](C)[C@@H](O)[C@@H](C)/C=C/C=C(\C)C(=O)N2)O4. The number of benzene rings is 2. The van der Waals surface area contributed by atoms with Gasteiger partial charge in [-0.1, -0.05) is 59.8 Å². The molecule has 0 radical (unpaired) electrons. The minimum atomic E-state index is -2.04. The summed E-state index contributed by atoms with van der Waals surface area (Å²) in [6.07, 6.45) is 6.38. The van der Waals surface area contributed by atoms with E-state index < -0.39 is 88.8 Å². The average molecular weight is 824 g/mol. The average Bonchev–Trinajstić information content (AvgIpc) is 3.46. The summed E-state index contributed by atoms with van der Waals surface area (Å²) in [4.78, 5) is 40.5. The number of phenols is 3. The lowest BCUT2D eigenvalue weighted by molar-refractivity contribution is -0.160. The maximum Gasteiger partial charge on any atom is 0.312 e. The zero-order chi connectivity index (χ0) is 44.1. The van der Waals surface area contributed by atoms with Crippen LogP contribution >= 0.6 is 0 Å². The Balaban J connectivity index is 2.00. The topological polar surface area (TPSA) is 217 Å². The highest BCUT2D eigenvalue weighted by Crippen LogP contribution is 2.55. The van der Waals surface area contributed by atoms with Crippen molar-refractivity contribution < 1.29 is 58.9 Å². The molecule has 0 saturated carbocycles. The normalized spacial score (nSPS) is 30.1. The Hall–Kier alpha value is -5.12. The summed E-state index contributed by atoms with van der Waals surface area (Å²) in [6, 6.07) is 0. The van der Waals surface area contributed by atoms with Crippen molar-refractivity contribution in [1.82, 2.24) is 5.01 Å². The number of amides is 1. The van der Waals surface area contributed by atoms with Gasteiger partial charge in [0.1, 0.15) is 23.4 Å². The first-order valence-corrected chi connectivity index (χ1v) is 20.1. The van der Waals surface area contributed by atoms with E-state index in [0.717, 1.165) is 12.8 Å². The Labute approximate surface area is 346 Å². The van der Waals surface area contributed by atoms with Crippen LogP contribution in [0.4, 0.5) is 5.69 Å². The van der Waals surface area contributed by atoms with Crippen molar-refractivity contribution in [2.75, 3.05) is 25.5 Å². The number of aromatic hydroxyl groups is 3. The van der Waals surface area contributed by atoms with E-state index in [1.165, 1.54) is 59.4 Å². The summed E-state index contributed by atoms with van der Waals surface area (Å²) in [7, 11) is 1.44. The van der Waals surface area contributed by atoms with Gasteiger partial charge in [0.15, 0.2) is 5.75 Å². The molecule has 2 aromatic carbocycles. The number of carbonyl (C=O) groups excluding carboxylic acids is 3. The molecule has 0 spiro atoms. The van der Waals surface area contributed by atoms with E-state index >= 15 is 0 Å². The molecule has 5 rings (SSSR count). The van der Waals surface area contributed by atoms with Gasteiger partial charge in [0.05, 0.1) is 53.0 Å². The Morgan fingerprint density at radius 2 is 1.59 bits per heavy atom. The summed E-state index contributed by atoms with van der Waals surface area (Å²) in [5, 5.41) is 66.9. The molecule has 0 aromatic heterocycles. The third-order valence-electron chi connectivity index (χ3n) is 11.3. The van der Waals surface area contributed by atoms with Gasteiger partial charge in [0.2, 0.25) is 0 Å². The molecule has 324 valence electrons. The van der Waals surface area contributed by atoms with Crippen LogP contribution in [-0.2, 0) is 23.8 Å². The van der Waals surface area contributed by atoms with Crippen LogP contribution in [0.2, 0.25) is 0 Å². The second kappa shape index (κ2) is 19.3. The Morgan fingerprint density at radius 3 is 2.19 bits per heavy atom. The molecule has 0 unspecified atom stereocenters. The number of carbonyl (C=O) groups is 3. The molecule has 15 nitrogen and oxygen atoms in total.